The van der Waals surface area contributed by atoms with Crippen molar-refractivity contribution in [3.63, 3.8) is 0 Å². The van der Waals surface area contributed by atoms with E-state index in [2.05, 4.69) is 10.2 Å². The molecule has 0 aromatic heterocycles. The first-order chi connectivity index (χ1) is 15.5. The summed E-state index contributed by atoms with van der Waals surface area (Å²) in [5.74, 6) is -0.0176. The van der Waals surface area contributed by atoms with E-state index in [9.17, 15) is 14.4 Å². The SMILES string of the molecule is O=C1CCC(N2Cc3cc(O[C@@H]4CCCC4N4CC5CCC(C4)O5)ccc3C2=O)C(=O)N1. The van der Waals surface area contributed by atoms with Crippen molar-refractivity contribution in [3.8, 4) is 5.75 Å². The summed E-state index contributed by atoms with van der Waals surface area (Å²) in [6.07, 6.45) is 7.22. The minimum atomic E-state index is -0.590. The minimum absolute atomic E-state index is 0.147. The van der Waals surface area contributed by atoms with Gasteiger partial charge in [0.05, 0.1) is 12.2 Å². The van der Waals surface area contributed by atoms with Crippen LogP contribution in [-0.4, -0.2) is 71.0 Å². The molecule has 5 atom stereocenters. The number of rotatable bonds is 4. The molecule has 5 aliphatic rings. The van der Waals surface area contributed by atoms with Gasteiger partial charge in [-0.1, -0.05) is 0 Å². The minimum Gasteiger partial charge on any atom is -0.489 e. The van der Waals surface area contributed by atoms with Gasteiger partial charge in [0, 0.05) is 37.7 Å². The summed E-state index contributed by atoms with van der Waals surface area (Å²) in [6, 6.07) is 5.48. The fourth-order valence-corrected chi connectivity index (χ4v) is 6.18. The van der Waals surface area contributed by atoms with Crippen LogP contribution in [0.5, 0.6) is 5.75 Å². The molecule has 32 heavy (non-hydrogen) atoms. The number of fused-ring (bicyclic) bond motifs is 3. The second-order valence-corrected chi connectivity index (χ2v) is 9.78. The fourth-order valence-electron chi connectivity index (χ4n) is 6.18. The standard InChI is InChI=1S/C24H29N3O5/c28-22-9-8-20(23(29)25-22)27-11-14-10-15(6-7-18(14)24(27)30)32-21-3-1-2-19(21)26-12-16-4-5-17(13-26)31-16/h6-7,10,16-17,19-21H,1-5,8-9,11-13H2,(H,25,28,29)/t16?,17?,19?,20?,21-/m1/s1. The van der Waals surface area contributed by atoms with Crippen LogP contribution in [0.3, 0.4) is 0 Å². The number of nitrogens with one attached hydrogen (secondary N) is 1. The molecule has 1 aliphatic carbocycles. The number of hydrogen-bond acceptors (Lipinski definition) is 6. The van der Waals surface area contributed by atoms with Crippen molar-refractivity contribution in [2.45, 2.75) is 81.9 Å². The number of ether oxygens (including phenoxy) is 2. The molecule has 8 nitrogen and oxygen atoms in total. The molecule has 4 fully saturated rings. The van der Waals surface area contributed by atoms with Gasteiger partial charge in [-0.2, -0.15) is 0 Å². The zero-order chi connectivity index (χ0) is 21.8. The molecule has 1 N–H and O–H groups in total. The smallest absolute Gasteiger partial charge is 0.255 e. The van der Waals surface area contributed by atoms with E-state index in [0.29, 0.717) is 36.8 Å². The van der Waals surface area contributed by atoms with Crippen LogP contribution in [0.4, 0.5) is 0 Å². The third kappa shape index (κ3) is 3.49. The first-order valence-electron chi connectivity index (χ1n) is 11.9. The van der Waals surface area contributed by atoms with Crippen LogP contribution in [0.15, 0.2) is 18.2 Å². The number of benzene rings is 1. The van der Waals surface area contributed by atoms with Crippen molar-refractivity contribution in [1.82, 2.24) is 15.1 Å². The maximum Gasteiger partial charge on any atom is 0.255 e. The van der Waals surface area contributed by atoms with Gasteiger partial charge in [-0.25, -0.2) is 0 Å². The lowest BCUT2D eigenvalue weighted by Gasteiger charge is -2.38. The third-order valence-corrected chi connectivity index (χ3v) is 7.74. The number of imide groups is 1. The Morgan fingerprint density at radius 2 is 1.81 bits per heavy atom. The summed E-state index contributed by atoms with van der Waals surface area (Å²) < 4.78 is 12.5. The number of amides is 3. The van der Waals surface area contributed by atoms with E-state index in [1.807, 2.05) is 18.2 Å². The van der Waals surface area contributed by atoms with E-state index in [1.165, 1.54) is 12.8 Å². The van der Waals surface area contributed by atoms with Crippen molar-refractivity contribution < 1.29 is 23.9 Å². The van der Waals surface area contributed by atoms with Gasteiger partial charge in [0.15, 0.2) is 0 Å². The van der Waals surface area contributed by atoms with Crippen LogP contribution < -0.4 is 10.1 Å². The molecule has 1 aromatic carbocycles. The number of piperidine rings is 1. The Morgan fingerprint density at radius 1 is 1.00 bits per heavy atom. The van der Waals surface area contributed by atoms with Crippen LogP contribution in [-0.2, 0) is 20.9 Å². The van der Waals surface area contributed by atoms with E-state index in [-0.39, 0.29) is 30.2 Å². The van der Waals surface area contributed by atoms with Gasteiger partial charge >= 0.3 is 0 Å². The van der Waals surface area contributed by atoms with Crippen LogP contribution in [0, 0.1) is 0 Å². The lowest BCUT2D eigenvalue weighted by Crippen LogP contribution is -2.52. The van der Waals surface area contributed by atoms with E-state index in [4.69, 9.17) is 9.47 Å². The summed E-state index contributed by atoms with van der Waals surface area (Å²) in [5, 5.41) is 2.35. The van der Waals surface area contributed by atoms with E-state index < -0.39 is 6.04 Å². The Labute approximate surface area is 187 Å². The summed E-state index contributed by atoms with van der Waals surface area (Å²) in [5.41, 5.74) is 1.51. The van der Waals surface area contributed by atoms with Crippen molar-refractivity contribution in [2.24, 2.45) is 0 Å². The predicted octanol–water partition coefficient (Wildman–Crippen LogP) is 1.61. The molecule has 0 spiro atoms. The van der Waals surface area contributed by atoms with Gasteiger partial charge < -0.3 is 14.4 Å². The van der Waals surface area contributed by atoms with Crippen molar-refractivity contribution >= 4 is 17.7 Å². The van der Waals surface area contributed by atoms with Crippen LogP contribution in [0.25, 0.3) is 0 Å². The Kier molecular flexibility index (Phi) is 4.95. The van der Waals surface area contributed by atoms with Crippen molar-refractivity contribution in [3.05, 3.63) is 29.3 Å². The molecule has 4 heterocycles. The summed E-state index contributed by atoms with van der Waals surface area (Å²) in [6.45, 7) is 2.37. The second kappa shape index (κ2) is 7.85. The zero-order valence-corrected chi connectivity index (χ0v) is 18.1. The highest BCUT2D eigenvalue weighted by Crippen LogP contribution is 2.35. The molecule has 6 rings (SSSR count). The Morgan fingerprint density at radius 3 is 2.59 bits per heavy atom. The monoisotopic (exact) mass is 439 g/mol. The third-order valence-electron chi connectivity index (χ3n) is 7.74. The van der Waals surface area contributed by atoms with Gasteiger partial charge in [-0.05, 0) is 62.3 Å². The van der Waals surface area contributed by atoms with Gasteiger partial charge in [0.2, 0.25) is 11.8 Å². The molecule has 4 aliphatic heterocycles. The van der Waals surface area contributed by atoms with Gasteiger partial charge in [-0.3, -0.25) is 24.6 Å². The van der Waals surface area contributed by atoms with Gasteiger partial charge in [-0.15, -0.1) is 0 Å². The van der Waals surface area contributed by atoms with Crippen LogP contribution >= 0.6 is 0 Å². The van der Waals surface area contributed by atoms with Gasteiger partial charge in [0.1, 0.15) is 17.9 Å². The number of morpholine rings is 1. The fraction of sp³-hybridized carbons (Fsp3) is 0.625. The normalized spacial score (nSPS) is 34.7. The molecule has 4 unspecified atom stereocenters. The molecule has 2 bridgehead atoms. The van der Waals surface area contributed by atoms with Crippen molar-refractivity contribution in [1.29, 1.82) is 0 Å². The Bertz CT molecular complexity index is 953. The lowest BCUT2D eigenvalue weighted by atomic mass is 10.0. The molecule has 1 aromatic rings. The second-order valence-electron chi connectivity index (χ2n) is 9.78. The number of hydrogen-bond donors (Lipinski definition) is 1. The lowest BCUT2D eigenvalue weighted by molar-refractivity contribution is -0.136. The maximum absolute atomic E-state index is 12.9. The summed E-state index contributed by atoms with van der Waals surface area (Å²) in [7, 11) is 0. The highest BCUT2D eigenvalue weighted by molar-refractivity contribution is 6.05. The summed E-state index contributed by atoms with van der Waals surface area (Å²) in [4.78, 5) is 40.8. The van der Waals surface area contributed by atoms with E-state index >= 15 is 0 Å². The molecule has 1 saturated carbocycles. The number of likely N-dealkylation sites (tertiary alicyclic amines) is 1. The highest BCUT2D eigenvalue weighted by atomic mass is 16.5. The molecular formula is C24H29N3O5. The predicted molar refractivity (Wildman–Crippen MR) is 114 cm³/mol. The maximum atomic E-state index is 12.9. The quantitative estimate of drug-likeness (QED) is 0.718. The largest absolute Gasteiger partial charge is 0.489 e. The Balaban J connectivity index is 1.15. The van der Waals surface area contributed by atoms with Crippen LogP contribution in [0.2, 0.25) is 0 Å². The summed E-state index contributed by atoms with van der Waals surface area (Å²) >= 11 is 0. The molecule has 3 saturated heterocycles. The van der Waals surface area contributed by atoms with Gasteiger partial charge in [0.25, 0.3) is 5.91 Å². The number of carbonyl (C=O) groups is 3. The first-order valence-corrected chi connectivity index (χ1v) is 11.9. The van der Waals surface area contributed by atoms with Crippen LogP contribution in [0.1, 0.15) is 60.9 Å². The van der Waals surface area contributed by atoms with E-state index in [0.717, 1.165) is 43.7 Å². The molecule has 170 valence electrons. The molecule has 3 amide bonds. The Hall–Kier alpha value is -2.45. The average molecular weight is 440 g/mol. The molecule has 0 radical (unpaired) electrons. The number of carbonyl (C=O) groups excluding carboxylic acids is 3. The topological polar surface area (TPSA) is 88.2 Å². The highest BCUT2D eigenvalue weighted by Gasteiger charge is 2.42. The van der Waals surface area contributed by atoms with E-state index in [1.54, 1.807) is 4.90 Å². The zero-order valence-electron chi connectivity index (χ0n) is 18.1. The molecular weight excluding hydrogens is 410 g/mol. The van der Waals surface area contributed by atoms with Crippen molar-refractivity contribution in [2.75, 3.05) is 13.1 Å². The average Bonchev–Trinajstić information content (AvgIpc) is 3.46. The molecule has 8 heteroatoms. The first kappa shape index (κ1) is 20.2. The number of nitrogens with zero attached hydrogens (tertiary/aromatic N) is 2.